The fourth-order valence-corrected chi connectivity index (χ4v) is 3.85. The molecule has 9 nitrogen and oxygen atoms in total. The minimum atomic E-state index is -1.04. The van der Waals surface area contributed by atoms with Crippen LogP contribution in [0.5, 0.6) is 0 Å². The number of rotatable bonds is 9. The third kappa shape index (κ3) is 5.43. The number of carbonyl (C=O) groups is 4. The molecule has 10 heteroatoms. The van der Waals surface area contributed by atoms with Crippen molar-refractivity contribution in [3.8, 4) is 0 Å². The van der Waals surface area contributed by atoms with Crippen molar-refractivity contribution >= 4 is 34.5 Å². The van der Waals surface area contributed by atoms with Crippen molar-refractivity contribution < 1.29 is 23.6 Å². The standard InChI is InChI=1S/C22H28FN5O4/c1-11(2)8-17(21(31)27-16(19(24)29)9-12-6-7-25-20(12)30)28-22(32)18-10-13-14(23)4-3-5-15(13)26-18/h3-5,10-12,16-17,26H,6-9H2,1-2H3,(H2,24,29)(H,25,30)(H,27,31)(H,28,32)/t12-,16-,17-/m0/s1. The van der Waals surface area contributed by atoms with E-state index >= 15 is 0 Å². The number of carbonyl (C=O) groups excluding carboxylic acids is 4. The fourth-order valence-electron chi connectivity index (χ4n) is 3.85. The summed E-state index contributed by atoms with van der Waals surface area (Å²) >= 11 is 0. The predicted molar refractivity (Wildman–Crippen MR) is 116 cm³/mol. The van der Waals surface area contributed by atoms with Gasteiger partial charge in [-0.25, -0.2) is 4.39 Å². The molecule has 1 saturated heterocycles. The van der Waals surface area contributed by atoms with Crippen LogP contribution in [-0.2, 0) is 14.4 Å². The number of hydrogen-bond donors (Lipinski definition) is 5. The van der Waals surface area contributed by atoms with Gasteiger partial charge in [-0.15, -0.1) is 0 Å². The molecule has 1 fully saturated rings. The van der Waals surface area contributed by atoms with Crippen LogP contribution in [0.25, 0.3) is 10.9 Å². The molecule has 32 heavy (non-hydrogen) atoms. The molecule has 1 aromatic carbocycles. The molecular formula is C22H28FN5O4. The van der Waals surface area contributed by atoms with E-state index in [1.54, 1.807) is 6.07 Å². The molecule has 3 atom stereocenters. The lowest BCUT2D eigenvalue weighted by Gasteiger charge is -2.24. The molecule has 1 aliphatic rings. The number of H-pyrrole nitrogens is 1. The van der Waals surface area contributed by atoms with Crippen LogP contribution >= 0.6 is 0 Å². The Morgan fingerprint density at radius 3 is 2.56 bits per heavy atom. The van der Waals surface area contributed by atoms with Crippen molar-refractivity contribution in [1.82, 2.24) is 20.9 Å². The second kappa shape index (κ2) is 9.80. The predicted octanol–water partition coefficient (Wildman–Crippen LogP) is 0.948. The number of aromatic nitrogens is 1. The maximum absolute atomic E-state index is 14.0. The molecule has 172 valence electrons. The average molecular weight is 445 g/mol. The summed E-state index contributed by atoms with van der Waals surface area (Å²) in [7, 11) is 0. The lowest BCUT2D eigenvalue weighted by atomic mass is 9.97. The number of aromatic amines is 1. The summed E-state index contributed by atoms with van der Waals surface area (Å²) in [5.74, 6) is -2.90. The monoisotopic (exact) mass is 445 g/mol. The lowest BCUT2D eigenvalue weighted by Crippen LogP contribution is -2.54. The molecule has 0 spiro atoms. The summed E-state index contributed by atoms with van der Waals surface area (Å²) in [5, 5.41) is 8.19. The Labute approximate surface area is 184 Å². The number of nitrogens with one attached hydrogen (secondary N) is 4. The van der Waals surface area contributed by atoms with Gasteiger partial charge in [0, 0.05) is 23.4 Å². The van der Waals surface area contributed by atoms with Gasteiger partial charge < -0.3 is 26.7 Å². The molecule has 4 amide bonds. The number of primary amides is 1. The van der Waals surface area contributed by atoms with Gasteiger partial charge in [-0.05, 0) is 43.4 Å². The zero-order chi connectivity index (χ0) is 23.4. The second-order valence-electron chi connectivity index (χ2n) is 8.52. The molecule has 0 unspecified atom stereocenters. The summed E-state index contributed by atoms with van der Waals surface area (Å²) in [6, 6.07) is 3.86. The van der Waals surface area contributed by atoms with Crippen LogP contribution in [0.4, 0.5) is 4.39 Å². The van der Waals surface area contributed by atoms with Gasteiger partial charge in [-0.2, -0.15) is 0 Å². The molecule has 0 bridgehead atoms. The highest BCUT2D eigenvalue weighted by Gasteiger charge is 2.32. The van der Waals surface area contributed by atoms with Crippen molar-refractivity contribution in [2.75, 3.05) is 6.54 Å². The Morgan fingerprint density at radius 1 is 1.22 bits per heavy atom. The normalized spacial score (nSPS) is 17.8. The molecule has 0 radical (unpaired) electrons. The molecule has 1 aromatic heterocycles. The smallest absolute Gasteiger partial charge is 0.268 e. The molecule has 0 aliphatic carbocycles. The third-order valence-electron chi connectivity index (χ3n) is 5.53. The highest BCUT2D eigenvalue weighted by molar-refractivity contribution is 6.00. The lowest BCUT2D eigenvalue weighted by molar-refractivity contribution is -0.130. The summed E-state index contributed by atoms with van der Waals surface area (Å²) in [4.78, 5) is 52.3. The number of hydrogen-bond acceptors (Lipinski definition) is 4. The highest BCUT2D eigenvalue weighted by atomic mass is 19.1. The van der Waals surface area contributed by atoms with E-state index in [9.17, 15) is 23.6 Å². The Bertz CT molecular complexity index is 1030. The van der Waals surface area contributed by atoms with Gasteiger partial charge in [-0.1, -0.05) is 19.9 Å². The first kappa shape index (κ1) is 23.2. The fraction of sp³-hybridized carbons (Fsp3) is 0.455. The number of benzene rings is 1. The summed E-state index contributed by atoms with van der Waals surface area (Å²) in [5.41, 5.74) is 6.02. The van der Waals surface area contributed by atoms with E-state index in [1.807, 2.05) is 13.8 Å². The second-order valence-corrected chi connectivity index (χ2v) is 8.52. The Morgan fingerprint density at radius 2 is 1.97 bits per heavy atom. The van der Waals surface area contributed by atoms with E-state index in [1.165, 1.54) is 18.2 Å². The van der Waals surface area contributed by atoms with Crippen LogP contribution in [0.15, 0.2) is 24.3 Å². The zero-order valence-corrected chi connectivity index (χ0v) is 18.0. The van der Waals surface area contributed by atoms with E-state index in [4.69, 9.17) is 5.73 Å². The summed E-state index contributed by atoms with van der Waals surface area (Å²) < 4.78 is 14.0. The van der Waals surface area contributed by atoms with Gasteiger partial charge in [0.1, 0.15) is 23.6 Å². The van der Waals surface area contributed by atoms with Crippen LogP contribution in [-0.4, -0.2) is 47.2 Å². The number of halogens is 1. The van der Waals surface area contributed by atoms with Crippen molar-refractivity contribution in [3.63, 3.8) is 0 Å². The maximum Gasteiger partial charge on any atom is 0.268 e. The van der Waals surface area contributed by atoms with E-state index in [0.717, 1.165) is 0 Å². The van der Waals surface area contributed by atoms with Crippen LogP contribution in [0.3, 0.4) is 0 Å². The Hall–Kier alpha value is -3.43. The third-order valence-corrected chi connectivity index (χ3v) is 5.53. The van der Waals surface area contributed by atoms with Crippen molar-refractivity contribution in [2.24, 2.45) is 17.6 Å². The van der Waals surface area contributed by atoms with Gasteiger partial charge in [-0.3, -0.25) is 19.2 Å². The summed E-state index contributed by atoms with van der Waals surface area (Å²) in [6.45, 7) is 4.29. The largest absolute Gasteiger partial charge is 0.368 e. The molecule has 1 aliphatic heterocycles. The van der Waals surface area contributed by atoms with Gasteiger partial charge in [0.15, 0.2) is 0 Å². The van der Waals surface area contributed by atoms with Crippen molar-refractivity contribution in [2.45, 2.75) is 45.2 Å². The van der Waals surface area contributed by atoms with Crippen LogP contribution in [0.2, 0.25) is 0 Å². The van der Waals surface area contributed by atoms with Gasteiger partial charge in [0.05, 0.1) is 0 Å². The molecule has 6 N–H and O–H groups in total. The average Bonchev–Trinajstić information content (AvgIpc) is 3.33. The van der Waals surface area contributed by atoms with Crippen molar-refractivity contribution in [1.29, 1.82) is 0 Å². The van der Waals surface area contributed by atoms with E-state index in [2.05, 4.69) is 20.9 Å². The van der Waals surface area contributed by atoms with Gasteiger partial charge >= 0.3 is 0 Å². The Balaban J connectivity index is 1.72. The number of fused-ring (bicyclic) bond motifs is 1. The van der Waals surface area contributed by atoms with E-state index in [-0.39, 0.29) is 29.3 Å². The highest BCUT2D eigenvalue weighted by Crippen LogP contribution is 2.19. The van der Waals surface area contributed by atoms with E-state index in [0.29, 0.717) is 24.9 Å². The molecule has 2 aromatic rings. The molecule has 3 rings (SSSR count). The number of amides is 4. The van der Waals surface area contributed by atoms with Gasteiger partial charge in [0.25, 0.3) is 5.91 Å². The summed E-state index contributed by atoms with van der Waals surface area (Å²) in [6.07, 6.45) is 0.958. The van der Waals surface area contributed by atoms with E-state index < -0.39 is 41.5 Å². The van der Waals surface area contributed by atoms with Crippen molar-refractivity contribution in [3.05, 3.63) is 35.8 Å². The maximum atomic E-state index is 14.0. The quantitative estimate of drug-likeness (QED) is 0.391. The topological polar surface area (TPSA) is 146 Å². The molecular weight excluding hydrogens is 417 g/mol. The minimum Gasteiger partial charge on any atom is -0.368 e. The first-order valence-corrected chi connectivity index (χ1v) is 10.6. The minimum absolute atomic E-state index is 0.0545. The van der Waals surface area contributed by atoms with Gasteiger partial charge in [0.2, 0.25) is 17.7 Å². The SMILES string of the molecule is CC(C)C[C@H](NC(=O)c1cc2c(F)cccc2[nH]1)C(=O)N[C@@H](C[C@@H]1CCNC1=O)C(N)=O. The number of nitrogens with two attached hydrogens (primary N) is 1. The Kier molecular flexibility index (Phi) is 7.12. The zero-order valence-electron chi connectivity index (χ0n) is 18.0. The molecule has 0 saturated carbocycles. The van der Waals surface area contributed by atoms with Crippen LogP contribution in [0.1, 0.15) is 43.6 Å². The first-order valence-electron chi connectivity index (χ1n) is 10.6. The van der Waals surface area contributed by atoms with Crippen LogP contribution < -0.4 is 21.7 Å². The first-order chi connectivity index (χ1) is 15.2. The molecule has 2 heterocycles. The van der Waals surface area contributed by atoms with Crippen LogP contribution in [0, 0.1) is 17.7 Å².